The minimum atomic E-state index is -3.61. The Morgan fingerprint density at radius 3 is 2.32 bits per heavy atom. The van der Waals surface area contributed by atoms with Crippen molar-refractivity contribution in [3.63, 3.8) is 0 Å². The monoisotopic (exact) mass is 289 g/mol. The average Bonchev–Trinajstić information content (AvgIpc) is 2.23. The minimum absolute atomic E-state index is 0.0109. The second-order valence-electron chi connectivity index (χ2n) is 5.67. The highest BCUT2D eigenvalue weighted by atomic mass is 32.2. The molecule has 0 bridgehead atoms. The maximum atomic E-state index is 13.8. The number of nitrogens with one attached hydrogen (secondary N) is 1. The molecular formula is C13H20FNO3S. The Labute approximate surface area is 113 Å². The fraction of sp³-hybridized carbons (Fsp3) is 0.538. The van der Waals surface area contributed by atoms with E-state index in [1.54, 1.807) is 0 Å². The van der Waals surface area contributed by atoms with Gasteiger partial charge in [0.2, 0.25) is 0 Å². The Kier molecular flexibility index (Phi) is 4.45. The summed E-state index contributed by atoms with van der Waals surface area (Å²) in [6.07, 6.45) is 0.965. The molecule has 0 spiro atoms. The minimum Gasteiger partial charge on any atom is -0.495 e. The Bertz CT molecular complexity index is 562. The molecule has 108 valence electrons. The number of hydrogen-bond acceptors (Lipinski definition) is 4. The Morgan fingerprint density at radius 1 is 1.32 bits per heavy atom. The molecule has 1 N–H and O–H groups in total. The first-order valence-corrected chi connectivity index (χ1v) is 7.75. The van der Waals surface area contributed by atoms with Gasteiger partial charge in [0.15, 0.2) is 9.84 Å². The van der Waals surface area contributed by atoms with Crippen LogP contribution in [0.4, 0.5) is 10.1 Å². The molecule has 0 fully saturated rings. The summed E-state index contributed by atoms with van der Waals surface area (Å²) < 4.78 is 41.8. The van der Waals surface area contributed by atoms with E-state index in [-0.39, 0.29) is 10.3 Å². The van der Waals surface area contributed by atoms with Crippen molar-refractivity contribution in [2.45, 2.75) is 25.7 Å². The SMILES string of the molecule is COc1cc(S(C)(=O)=O)c(F)cc1NCC(C)(C)C. The van der Waals surface area contributed by atoms with Crippen LogP contribution in [0.2, 0.25) is 0 Å². The molecule has 0 radical (unpaired) electrons. The third-order valence-electron chi connectivity index (χ3n) is 2.46. The van der Waals surface area contributed by atoms with Crippen molar-refractivity contribution in [1.82, 2.24) is 0 Å². The lowest BCUT2D eigenvalue weighted by atomic mass is 9.97. The normalized spacial score (nSPS) is 12.3. The Balaban J connectivity index is 3.18. The molecule has 0 aliphatic heterocycles. The highest BCUT2D eigenvalue weighted by Crippen LogP contribution is 2.31. The molecule has 0 aliphatic rings. The van der Waals surface area contributed by atoms with E-state index >= 15 is 0 Å². The van der Waals surface area contributed by atoms with Gasteiger partial charge in [0.25, 0.3) is 0 Å². The first kappa shape index (κ1) is 15.8. The molecule has 4 nitrogen and oxygen atoms in total. The first-order chi connectivity index (χ1) is 8.54. The molecule has 19 heavy (non-hydrogen) atoms. The van der Waals surface area contributed by atoms with Gasteiger partial charge in [0.1, 0.15) is 16.5 Å². The van der Waals surface area contributed by atoms with Gasteiger partial charge in [-0.1, -0.05) is 20.8 Å². The lowest BCUT2D eigenvalue weighted by Crippen LogP contribution is -2.19. The van der Waals surface area contributed by atoms with Crippen LogP contribution in [0.25, 0.3) is 0 Å². The van der Waals surface area contributed by atoms with Crippen molar-refractivity contribution in [2.24, 2.45) is 5.41 Å². The second-order valence-corrected chi connectivity index (χ2v) is 7.65. The van der Waals surface area contributed by atoms with Crippen LogP contribution in [-0.4, -0.2) is 28.3 Å². The van der Waals surface area contributed by atoms with Crippen LogP contribution in [0.15, 0.2) is 17.0 Å². The molecule has 0 aromatic heterocycles. The quantitative estimate of drug-likeness (QED) is 0.926. The topological polar surface area (TPSA) is 55.4 Å². The number of ether oxygens (including phenoxy) is 1. The average molecular weight is 289 g/mol. The summed E-state index contributed by atoms with van der Waals surface area (Å²) in [5.74, 6) is -0.467. The summed E-state index contributed by atoms with van der Waals surface area (Å²) >= 11 is 0. The predicted octanol–water partition coefficient (Wildman–Crippen LogP) is 2.70. The van der Waals surface area contributed by atoms with Gasteiger partial charge < -0.3 is 10.1 Å². The molecule has 0 unspecified atom stereocenters. The van der Waals surface area contributed by atoms with Gasteiger partial charge in [-0.2, -0.15) is 0 Å². The van der Waals surface area contributed by atoms with Gasteiger partial charge >= 0.3 is 0 Å². The molecule has 1 aromatic rings. The van der Waals surface area contributed by atoms with E-state index in [1.165, 1.54) is 13.2 Å². The van der Waals surface area contributed by atoms with Crippen LogP contribution >= 0.6 is 0 Å². The van der Waals surface area contributed by atoms with E-state index in [0.717, 1.165) is 12.3 Å². The van der Waals surface area contributed by atoms with Crippen molar-refractivity contribution in [1.29, 1.82) is 0 Å². The van der Waals surface area contributed by atoms with E-state index in [9.17, 15) is 12.8 Å². The highest BCUT2D eigenvalue weighted by molar-refractivity contribution is 7.90. The summed E-state index contributed by atoms with van der Waals surface area (Å²) in [4.78, 5) is -0.356. The van der Waals surface area contributed by atoms with Gasteiger partial charge in [0.05, 0.1) is 12.8 Å². The van der Waals surface area contributed by atoms with E-state index in [4.69, 9.17) is 4.74 Å². The van der Waals surface area contributed by atoms with Crippen molar-refractivity contribution in [2.75, 3.05) is 25.2 Å². The Hall–Kier alpha value is -1.30. The number of sulfone groups is 1. The summed E-state index contributed by atoms with van der Waals surface area (Å²) in [6, 6.07) is 2.36. The van der Waals surface area contributed by atoms with E-state index in [1.807, 2.05) is 20.8 Å². The molecule has 0 amide bonds. The van der Waals surface area contributed by atoms with Crippen LogP contribution < -0.4 is 10.1 Å². The van der Waals surface area contributed by atoms with Crippen molar-refractivity contribution in [3.8, 4) is 5.75 Å². The fourth-order valence-corrected chi connectivity index (χ4v) is 2.22. The van der Waals surface area contributed by atoms with Crippen LogP contribution in [0.3, 0.4) is 0 Å². The smallest absolute Gasteiger partial charge is 0.178 e. The molecular weight excluding hydrogens is 269 g/mol. The van der Waals surface area contributed by atoms with Crippen molar-refractivity contribution >= 4 is 15.5 Å². The highest BCUT2D eigenvalue weighted by Gasteiger charge is 2.19. The summed E-state index contributed by atoms with van der Waals surface area (Å²) in [7, 11) is -2.19. The second kappa shape index (κ2) is 5.36. The number of methoxy groups -OCH3 is 1. The number of halogens is 1. The number of hydrogen-bond donors (Lipinski definition) is 1. The molecule has 0 aliphatic carbocycles. The zero-order valence-electron chi connectivity index (χ0n) is 11.9. The van der Waals surface area contributed by atoms with E-state index < -0.39 is 15.7 Å². The third kappa shape index (κ3) is 4.38. The first-order valence-electron chi connectivity index (χ1n) is 5.86. The van der Waals surface area contributed by atoms with Crippen LogP contribution in [-0.2, 0) is 9.84 Å². The van der Waals surface area contributed by atoms with Crippen LogP contribution in [0.5, 0.6) is 5.75 Å². The number of benzene rings is 1. The van der Waals surface area contributed by atoms with Gasteiger partial charge in [-0.25, -0.2) is 12.8 Å². The zero-order chi connectivity index (χ0) is 14.8. The molecule has 1 rings (SSSR count). The summed E-state index contributed by atoms with van der Waals surface area (Å²) in [5, 5.41) is 3.06. The zero-order valence-corrected chi connectivity index (χ0v) is 12.7. The van der Waals surface area contributed by atoms with Crippen molar-refractivity contribution < 1.29 is 17.5 Å². The van der Waals surface area contributed by atoms with Gasteiger partial charge in [-0.15, -0.1) is 0 Å². The fourth-order valence-electron chi connectivity index (χ4n) is 1.49. The molecule has 1 aromatic carbocycles. The molecule has 0 atom stereocenters. The summed E-state index contributed by atoms with van der Waals surface area (Å²) in [6.45, 7) is 6.72. The van der Waals surface area contributed by atoms with Crippen molar-refractivity contribution in [3.05, 3.63) is 17.9 Å². The van der Waals surface area contributed by atoms with Crippen LogP contribution in [0.1, 0.15) is 20.8 Å². The maximum Gasteiger partial charge on any atom is 0.178 e. The standard InChI is InChI=1S/C13H20FNO3S/c1-13(2,3)8-15-10-6-9(14)12(19(5,16)17)7-11(10)18-4/h6-7,15H,8H2,1-5H3. The maximum absolute atomic E-state index is 13.8. The van der Waals surface area contributed by atoms with Gasteiger partial charge in [-0.05, 0) is 5.41 Å². The van der Waals surface area contributed by atoms with Crippen LogP contribution in [0, 0.1) is 11.2 Å². The Morgan fingerprint density at radius 2 is 1.89 bits per heavy atom. The largest absolute Gasteiger partial charge is 0.495 e. The lowest BCUT2D eigenvalue weighted by Gasteiger charge is -2.21. The predicted molar refractivity (Wildman–Crippen MR) is 74.0 cm³/mol. The molecule has 0 saturated heterocycles. The lowest BCUT2D eigenvalue weighted by molar-refractivity contribution is 0.409. The number of anilines is 1. The molecule has 0 saturated carbocycles. The molecule has 0 heterocycles. The molecule has 6 heteroatoms. The third-order valence-corrected chi connectivity index (χ3v) is 3.57. The summed E-state index contributed by atoms with van der Waals surface area (Å²) in [5.41, 5.74) is 0.458. The van der Waals surface area contributed by atoms with Gasteiger partial charge in [0, 0.05) is 24.9 Å². The van der Waals surface area contributed by atoms with Gasteiger partial charge in [-0.3, -0.25) is 0 Å². The van der Waals surface area contributed by atoms with E-state index in [0.29, 0.717) is 18.0 Å². The van der Waals surface area contributed by atoms with E-state index in [2.05, 4.69) is 5.32 Å². The number of rotatable bonds is 4.